The molecule has 0 fully saturated rings. The highest BCUT2D eigenvalue weighted by atomic mass is 19.1. The largest absolute Gasteiger partial charge is 0.493 e. The van der Waals surface area contributed by atoms with Gasteiger partial charge in [0.2, 0.25) is 0 Å². The summed E-state index contributed by atoms with van der Waals surface area (Å²) in [7, 11) is 0. The highest BCUT2D eigenvalue weighted by Crippen LogP contribution is 2.41. The number of pyridine rings is 2. The summed E-state index contributed by atoms with van der Waals surface area (Å²) in [6.07, 6.45) is 4.68. The fraction of sp³-hybridized carbons (Fsp3) is 0.261. The molecule has 1 atom stereocenters. The first-order valence-electron chi connectivity index (χ1n) is 10.0. The number of hydrogen-bond acceptors (Lipinski definition) is 5. The molecule has 0 amide bonds. The van der Waals surface area contributed by atoms with E-state index in [1.165, 1.54) is 6.07 Å². The van der Waals surface area contributed by atoms with Gasteiger partial charge in [0.25, 0.3) is 0 Å². The third kappa shape index (κ3) is 2.58. The van der Waals surface area contributed by atoms with Crippen molar-refractivity contribution in [1.82, 2.24) is 19.6 Å². The Morgan fingerprint density at radius 2 is 1.93 bits per heavy atom. The van der Waals surface area contributed by atoms with E-state index in [-0.39, 0.29) is 11.7 Å². The first-order valence-corrected chi connectivity index (χ1v) is 10.0. The molecular weight excluding hydrogens is 383 g/mol. The number of fused-ring (bicyclic) bond motifs is 3. The summed E-state index contributed by atoms with van der Waals surface area (Å²) in [6, 6.07) is 9.20. The van der Waals surface area contributed by atoms with Gasteiger partial charge in [-0.2, -0.15) is 0 Å². The summed E-state index contributed by atoms with van der Waals surface area (Å²) in [5.74, 6) is 1.34. The lowest BCUT2D eigenvalue weighted by Crippen LogP contribution is -2.13. The molecular formula is C23H19FN4O2. The van der Waals surface area contributed by atoms with Gasteiger partial charge in [-0.15, -0.1) is 10.2 Å². The van der Waals surface area contributed by atoms with Crippen LogP contribution in [-0.2, 0) is 12.8 Å². The van der Waals surface area contributed by atoms with E-state index in [0.717, 1.165) is 50.8 Å². The number of benzene rings is 1. The summed E-state index contributed by atoms with van der Waals surface area (Å²) in [5, 5.41) is 8.46. The van der Waals surface area contributed by atoms with E-state index < -0.39 is 0 Å². The average molecular weight is 402 g/mol. The summed E-state index contributed by atoms with van der Waals surface area (Å²) < 4.78 is 28.7. The van der Waals surface area contributed by atoms with Crippen LogP contribution in [0, 0.1) is 12.7 Å². The van der Waals surface area contributed by atoms with Gasteiger partial charge < -0.3 is 9.47 Å². The fourth-order valence-electron chi connectivity index (χ4n) is 4.48. The number of rotatable bonds is 1. The van der Waals surface area contributed by atoms with Crippen molar-refractivity contribution in [3.8, 4) is 22.8 Å². The van der Waals surface area contributed by atoms with Gasteiger partial charge in [-0.05, 0) is 55.2 Å². The van der Waals surface area contributed by atoms with Gasteiger partial charge in [-0.3, -0.25) is 9.38 Å². The molecule has 3 aromatic heterocycles. The van der Waals surface area contributed by atoms with Crippen LogP contribution in [0.25, 0.3) is 16.9 Å². The number of nitrogens with zero attached hydrogens (tertiary/aromatic N) is 4. The van der Waals surface area contributed by atoms with Crippen LogP contribution in [0.3, 0.4) is 0 Å². The lowest BCUT2D eigenvalue weighted by atomic mass is 9.93. The molecule has 1 aromatic carbocycles. The molecule has 6 nitrogen and oxygen atoms in total. The molecule has 2 aliphatic heterocycles. The second-order valence-electron chi connectivity index (χ2n) is 7.87. The molecule has 2 aliphatic rings. The maximum absolute atomic E-state index is 14.7. The van der Waals surface area contributed by atoms with E-state index >= 15 is 0 Å². The Bertz CT molecular complexity index is 1280. The van der Waals surface area contributed by atoms with Crippen molar-refractivity contribution in [2.75, 3.05) is 13.2 Å². The molecule has 4 aromatic rings. The minimum absolute atomic E-state index is 0.00853. The molecule has 5 heterocycles. The van der Waals surface area contributed by atoms with Crippen LogP contribution < -0.4 is 9.47 Å². The molecule has 0 N–H and O–H groups in total. The number of aryl methyl sites for hydroxylation is 2. The van der Waals surface area contributed by atoms with Crippen molar-refractivity contribution in [3.05, 3.63) is 71.1 Å². The molecule has 0 unspecified atom stereocenters. The van der Waals surface area contributed by atoms with Crippen LogP contribution >= 0.6 is 0 Å². The summed E-state index contributed by atoms with van der Waals surface area (Å²) in [5.41, 5.74) is 6.08. The summed E-state index contributed by atoms with van der Waals surface area (Å²) >= 11 is 0. The van der Waals surface area contributed by atoms with Gasteiger partial charge in [0, 0.05) is 17.3 Å². The first-order chi connectivity index (χ1) is 14.7. The zero-order valence-electron chi connectivity index (χ0n) is 16.4. The van der Waals surface area contributed by atoms with Crippen LogP contribution in [0.5, 0.6) is 11.5 Å². The van der Waals surface area contributed by atoms with Crippen LogP contribution in [-0.4, -0.2) is 32.8 Å². The van der Waals surface area contributed by atoms with E-state index in [0.29, 0.717) is 26.1 Å². The smallest absolute Gasteiger partial charge is 0.170 e. The van der Waals surface area contributed by atoms with E-state index in [4.69, 9.17) is 9.47 Å². The standard InChI is InChI=1S/C23H19FN4O2/c1-13-2-5-18(25-9-13)16-8-21-19(28-12-26-27-23(16)28)6-3-15-17(24)4-7-20-22(15)14(10-29-20)11-30-21/h2,4-5,7-9,12,14H,3,6,10-11H2,1H3/t14-/m1/s1. The van der Waals surface area contributed by atoms with Crippen molar-refractivity contribution < 1.29 is 13.9 Å². The molecule has 150 valence electrons. The zero-order chi connectivity index (χ0) is 20.2. The van der Waals surface area contributed by atoms with Crippen molar-refractivity contribution in [2.45, 2.75) is 25.7 Å². The maximum Gasteiger partial charge on any atom is 0.170 e. The van der Waals surface area contributed by atoms with E-state index in [1.807, 2.05) is 35.7 Å². The second kappa shape index (κ2) is 6.52. The van der Waals surface area contributed by atoms with Crippen molar-refractivity contribution >= 4 is 5.65 Å². The van der Waals surface area contributed by atoms with Gasteiger partial charge in [0.1, 0.15) is 23.6 Å². The van der Waals surface area contributed by atoms with Gasteiger partial charge >= 0.3 is 0 Å². The third-order valence-corrected chi connectivity index (χ3v) is 5.99. The predicted octanol–water partition coefficient (Wildman–Crippen LogP) is 3.89. The second-order valence-corrected chi connectivity index (χ2v) is 7.87. The Morgan fingerprint density at radius 1 is 1.07 bits per heavy atom. The minimum Gasteiger partial charge on any atom is -0.493 e. The van der Waals surface area contributed by atoms with Gasteiger partial charge in [0.15, 0.2) is 5.65 Å². The average Bonchev–Trinajstić information content (AvgIpc) is 3.40. The molecule has 6 rings (SSSR count). The third-order valence-electron chi connectivity index (χ3n) is 5.99. The maximum atomic E-state index is 14.7. The van der Waals surface area contributed by atoms with E-state index in [1.54, 1.807) is 12.4 Å². The number of hydrogen-bond donors (Lipinski definition) is 0. The van der Waals surface area contributed by atoms with Gasteiger partial charge in [0.05, 0.1) is 30.5 Å². The lowest BCUT2D eigenvalue weighted by Gasteiger charge is -2.16. The lowest BCUT2D eigenvalue weighted by molar-refractivity contribution is 0.246. The summed E-state index contributed by atoms with van der Waals surface area (Å²) in [4.78, 5) is 4.56. The molecule has 0 radical (unpaired) electrons. The van der Waals surface area contributed by atoms with Crippen molar-refractivity contribution in [3.63, 3.8) is 0 Å². The van der Waals surface area contributed by atoms with Gasteiger partial charge in [-0.25, -0.2) is 4.39 Å². The van der Waals surface area contributed by atoms with Crippen molar-refractivity contribution in [2.24, 2.45) is 0 Å². The normalized spacial score (nSPS) is 17.3. The molecule has 0 spiro atoms. The molecule has 0 aliphatic carbocycles. The Balaban J connectivity index is 1.51. The monoisotopic (exact) mass is 402 g/mol. The Hall–Kier alpha value is -3.48. The molecule has 0 saturated heterocycles. The first kappa shape index (κ1) is 17.4. The molecule has 7 heteroatoms. The topological polar surface area (TPSA) is 61.5 Å². The molecule has 0 saturated carbocycles. The minimum atomic E-state index is -0.187. The Kier molecular flexibility index (Phi) is 3.78. The quantitative estimate of drug-likeness (QED) is 0.483. The van der Waals surface area contributed by atoms with Gasteiger partial charge in [-0.1, -0.05) is 6.07 Å². The zero-order valence-corrected chi connectivity index (χ0v) is 16.4. The van der Waals surface area contributed by atoms with Crippen LogP contribution in [0.4, 0.5) is 4.39 Å². The van der Waals surface area contributed by atoms with Crippen LogP contribution in [0.2, 0.25) is 0 Å². The van der Waals surface area contributed by atoms with Crippen LogP contribution in [0.15, 0.2) is 42.9 Å². The number of aromatic nitrogens is 4. The van der Waals surface area contributed by atoms with E-state index in [9.17, 15) is 4.39 Å². The predicted molar refractivity (Wildman–Crippen MR) is 108 cm³/mol. The van der Waals surface area contributed by atoms with Crippen molar-refractivity contribution in [1.29, 1.82) is 0 Å². The Labute approximate surface area is 172 Å². The van der Waals surface area contributed by atoms with E-state index in [2.05, 4.69) is 15.2 Å². The molecule has 0 bridgehead atoms. The Morgan fingerprint density at radius 3 is 2.77 bits per heavy atom. The summed E-state index contributed by atoms with van der Waals surface area (Å²) in [6.45, 7) is 2.93. The SMILES string of the molecule is Cc1ccc(-c2cc3c(n4cnnc24)CCc2c(F)ccc4c2[C@H](CO4)CO3)nc1. The highest BCUT2D eigenvalue weighted by Gasteiger charge is 2.31. The highest BCUT2D eigenvalue weighted by molar-refractivity contribution is 5.77. The number of halogens is 1. The number of ether oxygens (including phenoxy) is 2. The fourth-order valence-corrected chi connectivity index (χ4v) is 4.48. The van der Waals surface area contributed by atoms with Crippen LogP contribution in [0.1, 0.15) is 28.3 Å². The molecule has 30 heavy (non-hydrogen) atoms.